The maximum atomic E-state index is 12.3. The highest BCUT2D eigenvalue weighted by atomic mass is 35.5. The first-order valence-corrected chi connectivity index (χ1v) is 8.75. The summed E-state index contributed by atoms with van der Waals surface area (Å²) in [5, 5.41) is 5.97. The molecule has 1 fully saturated rings. The second-order valence-corrected chi connectivity index (χ2v) is 7.37. The SMILES string of the molecule is Cc1ccc(NS(C)(=O)=O)c(NC(=O)C(C)C2CNC2)c1.Cl. The molecule has 1 amide bonds. The lowest BCUT2D eigenvalue weighted by molar-refractivity contribution is -0.121. The summed E-state index contributed by atoms with van der Waals surface area (Å²) in [6.07, 6.45) is 1.08. The van der Waals surface area contributed by atoms with E-state index in [-0.39, 0.29) is 24.2 Å². The number of hydrogen-bond donors (Lipinski definition) is 3. The molecule has 0 aliphatic carbocycles. The molecule has 3 N–H and O–H groups in total. The number of aryl methyl sites for hydroxylation is 1. The Morgan fingerprint density at radius 1 is 1.32 bits per heavy atom. The fraction of sp³-hybridized carbons (Fsp3) is 0.500. The average Bonchev–Trinajstić information content (AvgIpc) is 2.28. The topological polar surface area (TPSA) is 87.3 Å². The van der Waals surface area contributed by atoms with E-state index in [1.54, 1.807) is 18.2 Å². The van der Waals surface area contributed by atoms with Crippen LogP contribution in [0.3, 0.4) is 0 Å². The van der Waals surface area contributed by atoms with Crippen LogP contribution in [0.25, 0.3) is 0 Å². The number of sulfonamides is 1. The molecule has 1 saturated heterocycles. The number of nitrogens with one attached hydrogen (secondary N) is 3. The molecule has 1 aromatic rings. The third kappa shape index (κ3) is 4.86. The van der Waals surface area contributed by atoms with Gasteiger partial charge in [0.2, 0.25) is 15.9 Å². The maximum absolute atomic E-state index is 12.3. The van der Waals surface area contributed by atoms with Crippen LogP contribution >= 0.6 is 12.4 Å². The number of halogens is 1. The molecule has 22 heavy (non-hydrogen) atoms. The fourth-order valence-electron chi connectivity index (χ4n) is 2.18. The Bertz CT molecular complexity index is 645. The van der Waals surface area contributed by atoms with E-state index >= 15 is 0 Å². The Hall–Kier alpha value is -1.31. The van der Waals surface area contributed by atoms with Gasteiger partial charge in [0.25, 0.3) is 0 Å². The van der Waals surface area contributed by atoms with E-state index in [1.165, 1.54) is 0 Å². The quantitative estimate of drug-likeness (QED) is 0.754. The summed E-state index contributed by atoms with van der Waals surface area (Å²) in [6, 6.07) is 5.21. The summed E-state index contributed by atoms with van der Waals surface area (Å²) in [6.45, 7) is 5.47. The molecule has 1 heterocycles. The molecule has 0 aromatic heterocycles. The molecule has 8 heteroatoms. The summed E-state index contributed by atoms with van der Waals surface area (Å²) in [4.78, 5) is 12.3. The average molecular weight is 348 g/mol. The first-order valence-electron chi connectivity index (χ1n) is 6.86. The van der Waals surface area contributed by atoms with Gasteiger partial charge in [-0.15, -0.1) is 12.4 Å². The predicted molar refractivity (Wildman–Crippen MR) is 91.0 cm³/mol. The summed E-state index contributed by atoms with van der Waals surface area (Å²) < 4.78 is 25.2. The number of amides is 1. The number of carbonyl (C=O) groups excluding carboxylic acids is 1. The van der Waals surface area contributed by atoms with Gasteiger partial charge in [0.05, 0.1) is 17.6 Å². The lowest BCUT2D eigenvalue weighted by atomic mass is 9.88. The molecular formula is C14H22ClN3O3S. The van der Waals surface area contributed by atoms with Crippen molar-refractivity contribution < 1.29 is 13.2 Å². The normalized spacial score (nSPS) is 16.1. The Balaban J connectivity index is 0.00000242. The molecule has 1 atom stereocenters. The van der Waals surface area contributed by atoms with E-state index in [4.69, 9.17) is 0 Å². The molecule has 1 aromatic carbocycles. The third-order valence-electron chi connectivity index (χ3n) is 3.66. The minimum Gasteiger partial charge on any atom is -0.324 e. The van der Waals surface area contributed by atoms with Crippen LogP contribution in [0.4, 0.5) is 11.4 Å². The maximum Gasteiger partial charge on any atom is 0.229 e. The summed E-state index contributed by atoms with van der Waals surface area (Å²) in [7, 11) is -3.39. The van der Waals surface area contributed by atoms with Crippen LogP contribution in [0.2, 0.25) is 0 Å². The van der Waals surface area contributed by atoms with Gasteiger partial charge < -0.3 is 10.6 Å². The van der Waals surface area contributed by atoms with Crippen LogP contribution in [0.1, 0.15) is 12.5 Å². The summed E-state index contributed by atoms with van der Waals surface area (Å²) >= 11 is 0. The standard InChI is InChI=1S/C14H21N3O3S.ClH/c1-9-4-5-12(17-21(3,19)20)13(6-9)16-14(18)10(2)11-7-15-8-11;/h4-6,10-11,15,17H,7-8H2,1-3H3,(H,16,18);1H. The lowest BCUT2D eigenvalue weighted by Gasteiger charge is -2.31. The molecule has 0 spiro atoms. The van der Waals surface area contributed by atoms with E-state index in [0.717, 1.165) is 24.9 Å². The first-order chi connectivity index (χ1) is 9.76. The van der Waals surface area contributed by atoms with Crippen molar-refractivity contribution in [3.63, 3.8) is 0 Å². The van der Waals surface area contributed by atoms with E-state index < -0.39 is 10.0 Å². The highest BCUT2D eigenvalue weighted by Gasteiger charge is 2.29. The smallest absolute Gasteiger partial charge is 0.229 e. The van der Waals surface area contributed by atoms with Crippen molar-refractivity contribution in [3.05, 3.63) is 23.8 Å². The molecule has 0 saturated carbocycles. The van der Waals surface area contributed by atoms with E-state index in [9.17, 15) is 13.2 Å². The molecule has 1 aliphatic heterocycles. The van der Waals surface area contributed by atoms with Gasteiger partial charge in [-0.05, 0) is 43.6 Å². The number of carbonyl (C=O) groups is 1. The Kier molecular flexibility index (Phi) is 6.22. The van der Waals surface area contributed by atoms with Crippen molar-refractivity contribution in [1.82, 2.24) is 5.32 Å². The van der Waals surface area contributed by atoms with Gasteiger partial charge >= 0.3 is 0 Å². The largest absolute Gasteiger partial charge is 0.324 e. The number of anilines is 2. The molecular weight excluding hydrogens is 326 g/mol. The monoisotopic (exact) mass is 347 g/mol. The number of benzene rings is 1. The zero-order valence-electron chi connectivity index (χ0n) is 12.8. The lowest BCUT2D eigenvalue weighted by Crippen LogP contribution is -2.48. The molecule has 2 rings (SSSR count). The second-order valence-electron chi connectivity index (χ2n) is 5.62. The van der Waals surface area contributed by atoms with Crippen LogP contribution in [-0.2, 0) is 14.8 Å². The molecule has 0 radical (unpaired) electrons. The highest BCUT2D eigenvalue weighted by Crippen LogP contribution is 2.26. The van der Waals surface area contributed by atoms with Gasteiger partial charge in [-0.2, -0.15) is 0 Å². The number of hydrogen-bond acceptors (Lipinski definition) is 4. The minimum atomic E-state index is -3.39. The number of rotatable bonds is 5. The highest BCUT2D eigenvalue weighted by molar-refractivity contribution is 7.92. The molecule has 1 unspecified atom stereocenters. The second kappa shape index (κ2) is 7.30. The van der Waals surface area contributed by atoms with Crippen LogP contribution in [0.5, 0.6) is 0 Å². The van der Waals surface area contributed by atoms with Gasteiger partial charge in [-0.3, -0.25) is 9.52 Å². The van der Waals surface area contributed by atoms with Gasteiger partial charge in [0.15, 0.2) is 0 Å². The van der Waals surface area contributed by atoms with Gasteiger partial charge in [-0.1, -0.05) is 13.0 Å². The Morgan fingerprint density at radius 3 is 2.45 bits per heavy atom. The van der Waals surface area contributed by atoms with Crippen LogP contribution in [0.15, 0.2) is 18.2 Å². The van der Waals surface area contributed by atoms with E-state index in [1.807, 2.05) is 13.8 Å². The van der Waals surface area contributed by atoms with Crippen molar-refractivity contribution in [2.24, 2.45) is 11.8 Å². The molecule has 124 valence electrons. The summed E-state index contributed by atoms with van der Waals surface area (Å²) in [5.74, 6) is 0.127. The van der Waals surface area contributed by atoms with Crippen LogP contribution in [0, 0.1) is 18.8 Å². The van der Waals surface area contributed by atoms with E-state index in [0.29, 0.717) is 17.3 Å². The van der Waals surface area contributed by atoms with Crippen molar-refractivity contribution in [1.29, 1.82) is 0 Å². The Morgan fingerprint density at radius 2 is 1.95 bits per heavy atom. The first kappa shape index (κ1) is 18.7. The molecule has 6 nitrogen and oxygen atoms in total. The van der Waals surface area contributed by atoms with Crippen molar-refractivity contribution in [2.75, 3.05) is 29.4 Å². The zero-order valence-corrected chi connectivity index (χ0v) is 14.5. The van der Waals surface area contributed by atoms with E-state index in [2.05, 4.69) is 15.4 Å². The van der Waals surface area contributed by atoms with Crippen molar-refractivity contribution >= 4 is 39.7 Å². The van der Waals surface area contributed by atoms with Crippen molar-refractivity contribution in [3.8, 4) is 0 Å². The summed E-state index contributed by atoms with van der Waals surface area (Å²) in [5.41, 5.74) is 1.82. The van der Waals surface area contributed by atoms with Crippen LogP contribution < -0.4 is 15.4 Å². The Labute approximate surface area is 137 Å². The van der Waals surface area contributed by atoms with Crippen LogP contribution in [-0.4, -0.2) is 33.7 Å². The van der Waals surface area contributed by atoms with Gasteiger partial charge in [-0.25, -0.2) is 8.42 Å². The van der Waals surface area contributed by atoms with Crippen molar-refractivity contribution in [2.45, 2.75) is 13.8 Å². The minimum absolute atomic E-state index is 0. The third-order valence-corrected chi connectivity index (χ3v) is 4.25. The van der Waals surface area contributed by atoms with Gasteiger partial charge in [0.1, 0.15) is 0 Å². The fourth-order valence-corrected chi connectivity index (χ4v) is 2.75. The molecule has 1 aliphatic rings. The predicted octanol–water partition coefficient (Wildman–Crippen LogP) is 1.58. The van der Waals surface area contributed by atoms with Gasteiger partial charge in [0, 0.05) is 5.92 Å². The molecule has 0 bridgehead atoms. The zero-order chi connectivity index (χ0) is 15.6.